The van der Waals surface area contributed by atoms with Gasteiger partial charge in [0.2, 0.25) is 6.30 Å². The van der Waals surface area contributed by atoms with Crippen LogP contribution in [0.15, 0.2) is 47.5 Å². The van der Waals surface area contributed by atoms with Gasteiger partial charge in [0, 0.05) is 10.6 Å². The number of amides is 1. The van der Waals surface area contributed by atoms with Gasteiger partial charge in [-0.15, -0.1) is 0 Å². The van der Waals surface area contributed by atoms with E-state index in [9.17, 15) is 31.5 Å². The number of aliphatic hydroxyl groups is 1. The van der Waals surface area contributed by atoms with E-state index < -0.39 is 42.4 Å². The summed E-state index contributed by atoms with van der Waals surface area (Å²) in [6, 6.07) is 6.85. The van der Waals surface area contributed by atoms with Crippen molar-refractivity contribution >= 4 is 17.5 Å². The number of halogens is 6. The van der Waals surface area contributed by atoms with Crippen LogP contribution in [0.3, 0.4) is 0 Å². The van der Waals surface area contributed by atoms with Crippen molar-refractivity contribution in [3.8, 4) is 16.9 Å². The summed E-state index contributed by atoms with van der Waals surface area (Å²) < 4.78 is 65.3. The summed E-state index contributed by atoms with van der Waals surface area (Å²) >= 11 is 5.83. The molecule has 0 aliphatic heterocycles. The number of nitrogens with one attached hydrogen (secondary N) is 1. The number of aromatic nitrogens is 4. The van der Waals surface area contributed by atoms with Crippen LogP contribution in [0.4, 0.5) is 22.0 Å². The highest BCUT2D eigenvalue weighted by atomic mass is 35.5. The number of rotatable bonds is 7. The molecular weight excluding hydrogens is 465 g/mol. The number of hydrogen-bond acceptors (Lipinski definition) is 5. The van der Waals surface area contributed by atoms with Gasteiger partial charge in [0.05, 0.1) is 18.1 Å². The minimum absolute atomic E-state index is 0.0268. The van der Waals surface area contributed by atoms with Crippen LogP contribution in [-0.4, -0.2) is 49.4 Å². The summed E-state index contributed by atoms with van der Waals surface area (Å²) in [5.41, 5.74) is -1.86. The molecule has 0 bridgehead atoms. The standard InChI is InChI=1S/C18H13ClF5N5O3/c19-9-3-1-8(2-4-9)12-5-11(16(31)26-15(22)13(30)14(20)21)17(32)29(27-12)10-6-25-28(7-10)18(23)24/h1-7,13-15,18,30H,(H,26,31)/t13-,15?/m1/s1. The fourth-order valence-electron chi connectivity index (χ4n) is 2.55. The molecule has 0 aliphatic carbocycles. The molecule has 0 saturated carbocycles. The fourth-order valence-corrected chi connectivity index (χ4v) is 2.68. The van der Waals surface area contributed by atoms with Gasteiger partial charge in [0.15, 0.2) is 6.10 Å². The predicted molar refractivity (Wildman–Crippen MR) is 102 cm³/mol. The van der Waals surface area contributed by atoms with E-state index in [1.807, 2.05) is 0 Å². The molecule has 2 N–H and O–H groups in total. The molecule has 32 heavy (non-hydrogen) atoms. The molecule has 0 spiro atoms. The first-order chi connectivity index (χ1) is 15.1. The molecule has 0 saturated heterocycles. The van der Waals surface area contributed by atoms with Crippen LogP contribution in [0.25, 0.3) is 16.9 Å². The molecule has 1 amide bonds. The molecule has 170 valence electrons. The van der Waals surface area contributed by atoms with E-state index in [0.29, 0.717) is 15.3 Å². The number of benzene rings is 1. The molecule has 2 atom stereocenters. The highest BCUT2D eigenvalue weighted by molar-refractivity contribution is 6.30. The lowest BCUT2D eigenvalue weighted by atomic mass is 10.1. The number of alkyl halides is 5. The van der Waals surface area contributed by atoms with Gasteiger partial charge in [0.1, 0.15) is 11.3 Å². The SMILES string of the molecule is O=C(NC(F)[C@H](O)C(F)F)c1cc(-c2ccc(Cl)cc2)nn(-c2cnn(C(F)F)c2)c1=O. The molecule has 8 nitrogen and oxygen atoms in total. The molecule has 2 heterocycles. The first kappa shape index (κ1) is 23.3. The highest BCUT2D eigenvalue weighted by Gasteiger charge is 2.30. The Kier molecular flexibility index (Phi) is 6.89. The van der Waals surface area contributed by atoms with Gasteiger partial charge in [-0.3, -0.25) is 9.59 Å². The van der Waals surface area contributed by atoms with Crippen molar-refractivity contribution in [3.63, 3.8) is 0 Å². The van der Waals surface area contributed by atoms with Crippen molar-refractivity contribution in [3.05, 3.63) is 63.7 Å². The van der Waals surface area contributed by atoms with Crippen molar-refractivity contribution in [1.29, 1.82) is 0 Å². The summed E-state index contributed by atoms with van der Waals surface area (Å²) in [5.74, 6) is -1.44. The molecule has 0 fully saturated rings. The first-order valence-corrected chi connectivity index (χ1v) is 9.10. The zero-order valence-corrected chi connectivity index (χ0v) is 16.4. The Balaban J connectivity index is 2.10. The summed E-state index contributed by atoms with van der Waals surface area (Å²) in [6.07, 6.45) is -7.55. The smallest absolute Gasteiger partial charge is 0.333 e. The molecule has 14 heteroatoms. The molecule has 1 unspecified atom stereocenters. The van der Waals surface area contributed by atoms with Crippen LogP contribution in [0.2, 0.25) is 5.02 Å². The second kappa shape index (κ2) is 9.44. The third-order valence-electron chi connectivity index (χ3n) is 4.16. The lowest BCUT2D eigenvalue weighted by molar-refractivity contribution is -0.0551. The molecule has 3 rings (SSSR count). The maximum absolute atomic E-state index is 13.8. The maximum Gasteiger partial charge on any atom is 0.333 e. The summed E-state index contributed by atoms with van der Waals surface area (Å²) in [7, 11) is 0. The summed E-state index contributed by atoms with van der Waals surface area (Å²) in [5, 5.41) is 18.3. The molecule has 3 aromatic rings. The quantitative estimate of drug-likeness (QED) is 0.402. The van der Waals surface area contributed by atoms with Crippen LogP contribution in [0, 0.1) is 0 Å². The van der Waals surface area contributed by atoms with E-state index in [2.05, 4.69) is 10.2 Å². The largest absolute Gasteiger partial charge is 0.382 e. The van der Waals surface area contributed by atoms with E-state index in [4.69, 9.17) is 16.7 Å². The average molecular weight is 478 g/mol. The van der Waals surface area contributed by atoms with Crippen molar-refractivity contribution in [2.24, 2.45) is 0 Å². The second-order valence-corrected chi connectivity index (χ2v) is 6.76. The zero-order chi connectivity index (χ0) is 23.6. The number of nitrogens with zero attached hydrogens (tertiary/aromatic N) is 4. The minimum Gasteiger partial charge on any atom is -0.382 e. The average Bonchev–Trinajstić information content (AvgIpc) is 3.24. The topological polar surface area (TPSA) is 102 Å². The van der Waals surface area contributed by atoms with Gasteiger partial charge in [-0.1, -0.05) is 23.7 Å². The van der Waals surface area contributed by atoms with Crippen LogP contribution >= 0.6 is 11.6 Å². The van der Waals surface area contributed by atoms with Gasteiger partial charge in [-0.25, -0.2) is 17.9 Å². The molecule has 0 radical (unpaired) electrons. The Bertz CT molecular complexity index is 1170. The van der Waals surface area contributed by atoms with E-state index in [1.54, 1.807) is 0 Å². The van der Waals surface area contributed by atoms with E-state index in [-0.39, 0.29) is 16.1 Å². The second-order valence-electron chi connectivity index (χ2n) is 6.32. The minimum atomic E-state index is -3.50. The van der Waals surface area contributed by atoms with E-state index in [0.717, 1.165) is 18.5 Å². The van der Waals surface area contributed by atoms with Crippen molar-refractivity contribution in [2.45, 2.75) is 25.4 Å². The van der Waals surface area contributed by atoms with E-state index in [1.165, 1.54) is 29.6 Å². The monoisotopic (exact) mass is 477 g/mol. The van der Waals surface area contributed by atoms with Crippen LogP contribution < -0.4 is 10.9 Å². The van der Waals surface area contributed by atoms with Crippen molar-refractivity contribution < 1.29 is 31.9 Å². The Morgan fingerprint density at radius 1 is 1.12 bits per heavy atom. The zero-order valence-electron chi connectivity index (χ0n) is 15.7. The van der Waals surface area contributed by atoms with Crippen LogP contribution in [0.5, 0.6) is 0 Å². The van der Waals surface area contributed by atoms with Gasteiger partial charge in [0.25, 0.3) is 17.9 Å². The summed E-state index contributed by atoms with van der Waals surface area (Å²) in [4.78, 5) is 25.2. The third kappa shape index (κ3) is 4.94. The number of aliphatic hydroxyl groups excluding tert-OH is 1. The lowest BCUT2D eigenvalue weighted by Crippen LogP contribution is -2.45. The number of carbonyl (C=O) groups is 1. The van der Waals surface area contributed by atoms with Crippen LogP contribution in [0.1, 0.15) is 16.9 Å². The fraction of sp³-hybridized carbons (Fsp3) is 0.222. The molecule has 2 aromatic heterocycles. The lowest BCUT2D eigenvalue weighted by Gasteiger charge is -2.16. The number of carbonyl (C=O) groups excluding carboxylic acids is 1. The summed E-state index contributed by atoms with van der Waals surface area (Å²) in [6.45, 7) is -3.02. The first-order valence-electron chi connectivity index (χ1n) is 8.72. The van der Waals surface area contributed by atoms with Gasteiger partial charge in [-0.05, 0) is 18.2 Å². The molecule has 1 aromatic carbocycles. The Labute approximate surface area is 180 Å². The predicted octanol–water partition coefficient (Wildman–Crippen LogP) is 2.80. The Hall–Kier alpha value is -3.32. The van der Waals surface area contributed by atoms with Gasteiger partial charge in [-0.2, -0.15) is 23.7 Å². The third-order valence-corrected chi connectivity index (χ3v) is 4.41. The van der Waals surface area contributed by atoms with Crippen LogP contribution in [-0.2, 0) is 0 Å². The van der Waals surface area contributed by atoms with E-state index >= 15 is 0 Å². The van der Waals surface area contributed by atoms with Crippen molar-refractivity contribution in [2.75, 3.05) is 0 Å². The van der Waals surface area contributed by atoms with Crippen molar-refractivity contribution in [1.82, 2.24) is 24.9 Å². The normalized spacial score (nSPS) is 13.4. The van der Waals surface area contributed by atoms with Gasteiger partial charge < -0.3 is 10.4 Å². The highest BCUT2D eigenvalue weighted by Crippen LogP contribution is 2.21. The van der Waals surface area contributed by atoms with Gasteiger partial charge >= 0.3 is 6.55 Å². The Morgan fingerprint density at radius 3 is 2.34 bits per heavy atom. The molecule has 0 aliphatic rings. The molecular formula is C18H13ClF5N5O3. The Morgan fingerprint density at radius 2 is 1.78 bits per heavy atom. The maximum atomic E-state index is 13.8. The number of hydrogen-bond donors (Lipinski definition) is 2.